The number of fused-ring (bicyclic) bond motifs is 1. The van der Waals surface area contributed by atoms with E-state index in [1.54, 1.807) is 0 Å². The average Bonchev–Trinajstić information content (AvgIpc) is 3.04. The number of carbonyl (C=O) groups excluding carboxylic acids is 2. The summed E-state index contributed by atoms with van der Waals surface area (Å²) in [6.07, 6.45) is 0.304. The van der Waals surface area contributed by atoms with Crippen LogP contribution in [0.1, 0.15) is 23.6 Å². The Kier molecular flexibility index (Phi) is 6.07. The molecule has 0 saturated carbocycles. The largest absolute Gasteiger partial charge is 0.464 e. The molecule has 9 heteroatoms. The number of hydrogen-bond acceptors (Lipinski definition) is 6. The number of nitro groups is 1. The van der Waals surface area contributed by atoms with Crippen molar-refractivity contribution >= 4 is 45.8 Å². The average molecular weight is 431 g/mol. The summed E-state index contributed by atoms with van der Waals surface area (Å²) in [7, 11) is 0. The third-order valence-corrected chi connectivity index (χ3v) is 5.03. The fourth-order valence-electron chi connectivity index (χ4n) is 2.88. The minimum Gasteiger partial charge on any atom is -0.464 e. The summed E-state index contributed by atoms with van der Waals surface area (Å²) in [5, 5.41) is 14.3. The first-order valence-electron chi connectivity index (χ1n) is 9.07. The second kappa shape index (κ2) is 8.54. The van der Waals surface area contributed by atoms with Crippen LogP contribution in [0.3, 0.4) is 0 Å². The number of aryl methyl sites for hydroxylation is 2. The number of rotatable bonds is 6. The molecule has 0 aliphatic carbocycles. The molecule has 0 aliphatic rings. The van der Waals surface area contributed by atoms with E-state index in [0.29, 0.717) is 11.1 Å². The Balaban J connectivity index is 1.66. The van der Waals surface area contributed by atoms with E-state index in [9.17, 15) is 19.7 Å². The van der Waals surface area contributed by atoms with Gasteiger partial charge < -0.3 is 14.5 Å². The number of esters is 1. The van der Waals surface area contributed by atoms with Gasteiger partial charge in [-0.05, 0) is 50.1 Å². The van der Waals surface area contributed by atoms with Crippen LogP contribution in [0, 0.1) is 24.0 Å². The van der Waals surface area contributed by atoms with Crippen molar-refractivity contribution < 1.29 is 23.7 Å². The number of nitrogens with zero attached hydrogens (tertiary/aromatic N) is 1. The molecule has 1 atom stereocenters. The minimum absolute atomic E-state index is 0.0606. The molecule has 1 heterocycles. The lowest BCUT2D eigenvalue weighted by Crippen LogP contribution is -2.30. The van der Waals surface area contributed by atoms with E-state index in [0.717, 1.165) is 22.6 Å². The first-order chi connectivity index (χ1) is 14.2. The number of ether oxygens (including phenoxy) is 1. The topological polar surface area (TPSA) is 112 Å². The van der Waals surface area contributed by atoms with E-state index in [4.69, 9.17) is 20.8 Å². The maximum atomic E-state index is 12.3. The summed E-state index contributed by atoms with van der Waals surface area (Å²) in [4.78, 5) is 35.0. The Morgan fingerprint density at radius 1 is 1.23 bits per heavy atom. The highest BCUT2D eigenvalue weighted by Crippen LogP contribution is 2.27. The molecular formula is C21H19ClN2O6. The van der Waals surface area contributed by atoms with Crippen LogP contribution in [0.15, 0.2) is 41.0 Å². The lowest BCUT2D eigenvalue weighted by Gasteiger charge is -2.14. The lowest BCUT2D eigenvalue weighted by molar-refractivity contribution is -0.384. The van der Waals surface area contributed by atoms with Crippen LogP contribution >= 0.6 is 11.6 Å². The second-order valence-corrected chi connectivity index (χ2v) is 7.32. The number of non-ortho nitro benzene ring substituents is 1. The van der Waals surface area contributed by atoms with Crippen molar-refractivity contribution in [2.45, 2.75) is 33.3 Å². The number of halogens is 1. The normalized spacial score (nSPS) is 11.9. The van der Waals surface area contributed by atoms with E-state index in [-0.39, 0.29) is 22.8 Å². The zero-order chi connectivity index (χ0) is 22.0. The maximum absolute atomic E-state index is 12.3. The van der Waals surface area contributed by atoms with Crippen LogP contribution in [0.5, 0.6) is 0 Å². The van der Waals surface area contributed by atoms with E-state index < -0.39 is 22.9 Å². The molecule has 1 N–H and O–H groups in total. The van der Waals surface area contributed by atoms with Crippen LogP contribution in [0.4, 0.5) is 11.4 Å². The van der Waals surface area contributed by atoms with E-state index in [1.807, 2.05) is 26.0 Å². The first-order valence-corrected chi connectivity index (χ1v) is 9.45. The molecule has 0 saturated heterocycles. The van der Waals surface area contributed by atoms with Gasteiger partial charge in [0.05, 0.1) is 28.3 Å². The van der Waals surface area contributed by atoms with Crippen LogP contribution in [-0.4, -0.2) is 22.9 Å². The van der Waals surface area contributed by atoms with Gasteiger partial charge in [0.1, 0.15) is 5.58 Å². The molecule has 0 spiro atoms. The predicted octanol–water partition coefficient (Wildman–Crippen LogP) is 4.72. The number of nitro benzene ring substituents is 1. The number of furan rings is 1. The second-order valence-electron chi connectivity index (χ2n) is 6.91. The van der Waals surface area contributed by atoms with Crippen LogP contribution in [0.25, 0.3) is 11.0 Å². The highest BCUT2D eigenvalue weighted by molar-refractivity contribution is 6.33. The van der Waals surface area contributed by atoms with Gasteiger partial charge in [0.15, 0.2) is 6.10 Å². The molecule has 2 aromatic carbocycles. The summed E-state index contributed by atoms with van der Waals surface area (Å²) in [6.45, 7) is 5.34. The van der Waals surface area contributed by atoms with Gasteiger partial charge in [0.25, 0.3) is 11.6 Å². The van der Waals surface area contributed by atoms with Gasteiger partial charge in [-0.2, -0.15) is 0 Å². The number of anilines is 1. The van der Waals surface area contributed by atoms with Crippen molar-refractivity contribution in [2.24, 2.45) is 0 Å². The molecule has 1 amide bonds. The fourth-order valence-corrected chi connectivity index (χ4v) is 3.04. The molecule has 0 fully saturated rings. The molecule has 156 valence electrons. The molecule has 3 rings (SSSR count). The van der Waals surface area contributed by atoms with Crippen LogP contribution in [-0.2, 0) is 20.7 Å². The fraction of sp³-hybridized carbons (Fsp3) is 0.238. The third kappa shape index (κ3) is 4.60. The molecule has 1 unspecified atom stereocenters. The molecule has 30 heavy (non-hydrogen) atoms. The summed E-state index contributed by atoms with van der Waals surface area (Å²) < 4.78 is 10.7. The monoisotopic (exact) mass is 430 g/mol. The van der Waals surface area contributed by atoms with Gasteiger partial charge in [-0.25, -0.2) is 0 Å². The number of nitrogens with one attached hydrogen (secondary N) is 1. The SMILES string of the molecule is Cc1cc2occ(CC(=O)OC(C)C(=O)Nc3cc([N+](=O)[O-])ccc3Cl)c2cc1C. The Hall–Kier alpha value is -3.39. The zero-order valence-electron chi connectivity index (χ0n) is 16.5. The van der Waals surface area contributed by atoms with Crippen LogP contribution in [0.2, 0.25) is 5.02 Å². The summed E-state index contributed by atoms with van der Waals surface area (Å²) >= 11 is 5.97. The third-order valence-electron chi connectivity index (χ3n) is 4.70. The lowest BCUT2D eigenvalue weighted by atomic mass is 10.0. The van der Waals surface area contributed by atoms with Gasteiger partial charge in [-0.1, -0.05) is 11.6 Å². The smallest absolute Gasteiger partial charge is 0.311 e. The zero-order valence-corrected chi connectivity index (χ0v) is 17.3. The van der Waals surface area contributed by atoms with Gasteiger partial charge in [-0.15, -0.1) is 0 Å². The highest BCUT2D eigenvalue weighted by Gasteiger charge is 2.21. The van der Waals surface area contributed by atoms with Crippen LogP contribution < -0.4 is 5.32 Å². The van der Waals surface area contributed by atoms with E-state index >= 15 is 0 Å². The number of amides is 1. The minimum atomic E-state index is -1.13. The van der Waals surface area contributed by atoms with E-state index in [1.165, 1.54) is 25.3 Å². The summed E-state index contributed by atoms with van der Waals surface area (Å²) in [5.41, 5.74) is 3.32. The number of hydrogen-bond donors (Lipinski definition) is 1. The van der Waals surface area contributed by atoms with Gasteiger partial charge in [-0.3, -0.25) is 19.7 Å². The Labute approximate surface area is 176 Å². The molecule has 3 aromatic rings. The summed E-state index contributed by atoms with van der Waals surface area (Å²) in [5.74, 6) is -1.27. The molecule has 0 bridgehead atoms. The Morgan fingerprint density at radius 2 is 1.93 bits per heavy atom. The number of carbonyl (C=O) groups is 2. The molecule has 1 aromatic heterocycles. The van der Waals surface area contributed by atoms with Gasteiger partial charge in [0, 0.05) is 23.1 Å². The van der Waals surface area contributed by atoms with Gasteiger partial charge >= 0.3 is 5.97 Å². The van der Waals surface area contributed by atoms with E-state index in [2.05, 4.69) is 5.32 Å². The Bertz CT molecular complexity index is 1150. The number of benzene rings is 2. The molecule has 0 aliphatic heterocycles. The maximum Gasteiger partial charge on any atom is 0.311 e. The Morgan fingerprint density at radius 3 is 2.63 bits per heavy atom. The van der Waals surface area contributed by atoms with Crippen molar-refractivity contribution in [3.63, 3.8) is 0 Å². The highest BCUT2D eigenvalue weighted by atomic mass is 35.5. The van der Waals surface area contributed by atoms with Crippen molar-refractivity contribution in [1.82, 2.24) is 0 Å². The van der Waals surface area contributed by atoms with Gasteiger partial charge in [0.2, 0.25) is 0 Å². The van der Waals surface area contributed by atoms with Crippen molar-refractivity contribution in [3.8, 4) is 0 Å². The first kappa shape index (κ1) is 21.3. The summed E-state index contributed by atoms with van der Waals surface area (Å²) in [6, 6.07) is 7.51. The molecule has 0 radical (unpaired) electrons. The van der Waals surface area contributed by atoms with Crippen molar-refractivity contribution in [1.29, 1.82) is 0 Å². The standard InChI is InChI=1S/C21H19ClN2O6/c1-11-6-16-14(10-29-19(16)7-12(11)2)8-20(25)30-13(3)21(26)23-18-9-15(24(27)28)4-5-17(18)22/h4-7,9-10,13H,8H2,1-3H3,(H,23,26). The van der Waals surface area contributed by atoms with Crippen molar-refractivity contribution in [2.75, 3.05) is 5.32 Å². The van der Waals surface area contributed by atoms with Crippen molar-refractivity contribution in [3.05, 3.63) is 68.4 Å². The molecular weight excluding hydrogens is 412 g/mol. The molecule has 8 nitrogen and oxygen atoms in total. The predicted molar refractivity (Wildman–Crippen MR) is 112 cm³/mol. The quantitative estimate of drug-likeness (QED) is 0.344.